The lowest BCUT2D eigenvalue weighted by atomic mass is 10.3. The summed E-state index contributed by atoms with van der Waals surface area (Å²) in [6, 6.07) is 0.359. The number of hydrogen-bond donors (Lipinski definition) is 1. The smallest absolute Gasteiger partial charge is 0.231 e. The zero-order valence-electron chi connectivity index (χ0n) is 11.9. The molecule has 0 amide bonds. The largest absolute Gasteiger partial charge is 0.354 e. The van der Waals surface area contributed by atoms with Crippen molar-refractivity contribution in [3.8, 4) is 0 Å². The molecule has 1 heterocycles. The Bertz CT molecular complexity index is 419. The molecule has 0 unspecified atom stereocenters. The predicted octanol–water partition coefficient (Wildman–Crippen LogP) is 2.97. The highest BCUT2D eigenvalue weighted by Crippen LogP contribution is 2.31. The van der Waals surface area contributed by atoms with Crippen LogP contribution in [0.4, 0.5) is 11.9 Å². The number of halogens is 1. The minimum absolute atomic E-state index is 0.255. The van der Waals surface area contributed by atoms with Crippen molar-refractivity contribution in [2.24, 2.45) is 5.92 Å². The Kier molecular flexibility index (Phi) is 4.80. The van der Waals surface area contributed by atoms with E-state index < -0.39 is 0 Å². The highest BCUT2D eigenvalue weighted by Gasteiger charge is 2.27. The van der Waals surface area contributed by atoms with Crippen LogP contribution in [0.1, 0.15) is 40.0 Å². The van der Waals surface area contributed by atoms with Crippen LogP contribution in [-0.4, -0.2) is 34.1 Å². The van der Waals surface area contributed by atoms with E-state index in [1.807, 2.05) is 0 Å². The average Bonchev–Trinajstić information content (AvgIpc) is 3.16. The second kappa shape index (κ2) is 6.37. The van der Waals surface area contributed by atoms with Gasteiger partial charge in [-0.15, -0.1) is 0 Å². The summed E-state index contributed by atoms with van der Waals surface area (Å²) in [6.45, 7) is 8.25. The van der Waals surface area contributed by atoms with E-state index in [9.17, 15) is 0 Å². The summed E-state index contributed by atoms with van der Waals surface area (Å²) < 4.78 is 0. The van der Waals surface area contributed by atoms with Crippen molar-refractivity contribution in [3.63, 3.8) is 0 Å². The molecule has 0 atom stereocenters. The molecule has 0 aromatic carbocycles. The summed E-state index contributed by atoms with van der Waals surface area (Å²) in [5.41, 5.74) is 0. The fourth-order valence-corrected chi connectivity index (χ4v) is 2.04. The molecule has 19 heavy (non-hydrogen) atoms. The SMILES string of the molecule is CCCNc1nc(Cl)nc(N(CC2CC2)C(C)C)n1. The van der Waals surface area contributed by atoms with Crippen LogP contribution in [0.15, 0.2) is 0 Å². The summed E-state index contributed by atoms with van der Waals surface area (Å²) in [5, 5.41) is 3.42. The summed E-state index contributed by atoms with van der Waals surface area (Å²) in [5.74, 6) is 2.03. The number of aromatic nitrogens is 3. The van der Waals surface area contributed by atoms with E-state index in [4.69, 9.17) is 11.6 Å². The molecule has 0 aliphatic heterocycles. The summed E-state index contributed by atoms with van der Waals surface area (Å²) >= 11 is 6.00. The van der Waals surface area contributed by atoms with Crippen molar-refractivity contribution in [2.45, 2.75) is 46.1 Å². The number of hydrogen-bond acceptors (Lipinski definition) is 5. The highest BCUT2D eigenvalue weighted by molar-refractivity contribution is 6.28. The van der Waals surface area contributed by atoms with Gasteiger partial charge in [-0.25, -0.2) is 0 Å². The average molecular weight is 284 g/mol. The van der Waals surface area contributed by atoms with Crippen LogP contribution in [0.3, 0.4) is 0 Å². The first-order valence-corrected chi connectivity index (χ1v) is 7.40. The third kappa shape index (κ3) is 4.20. The number of anilines is 2. The van der Waals surface area contributed by atoms with E-state index in [1.165, 1.54) is 12.8 Å². The zero-order valence-corrected chi connectivity index (χ0v) is 12.6. The van der Waals surface area contributed by atoms with Crippen molar-refractivity contribution in [2.75, 3.05) is 23.3 Å². The van der Waals surface area contributed by atoms with Gasteiger partial charge < -0.3 is 10.2 Å². The van der Waals surface area contributed by atoms with Crippen molar-refractivity contribution in [1.82, 2.24) is 15.0 Å². The van der Waals surface area contributed by atoms with E-state index in [0.29, 0.717) is 17.9 Å². The molecule has 0 saturated heterocycles. The molecule has 1 aliphatic carbocycles. The van der Waals surface area contributed by atoms with Crippen LogP contribution in [0.25, 0.3) is 0 Å². The van der Waals surface area contributed by atoms with E-state index in [0.717, 1.165) is 25.4 Å². The third-order valence-electron chi connectivity index (χ3n) is 3.16. The van der Waals surface area contributed by atoms with E-state index in [-0.39, 0.29) is 5.28 Å². The molecule has 106 valence electrons. The molecule has 2 rings (SSSR count). The standard InChI is InChI=1S/C13H22ClN5/c1-4-7-15-12-16-11(14)17-13(18-12)19(9(2)3)8-10-5-6-10/h9-10H,4-8H2,1-3H3,(H,15,16,17,18). The van der Waals surface area contributed by atoms with Crippen molar-refractivity contribution in [3.05, 3.63) is 5.28 Å². The molecule has 1 aliphatic rings. The minimum Gasteiger partial charge on any atom is -0.354 e. The number of nitrogens with one attached hydrogen (secondary N) is 1. The molecule has 0 spiro atoms. The third-order valence-corrected chi connectivity index (χ3v) is 3.33. The molecular weight excluding hydrogens is 262 g/mol. The molecule has 1 saturated carbocycles. The fraction of sp³-hybridized carbons (Fsp3) is 0.769. The fourth-order valence-electron chi connectivity index (χ4n) is 1.89. The molecule has 1 aromatic rings. The summed E-state index contributed by atoms with van der Waals surface area (Å²) in [4.78, 5) is 15.1. The first-order chi connectivity index (χ1) is 9.10. The van der Waals surface area contributed by atoms with Gasteiger partial charge in [-0.05, 0) is 50.6 Å². The van der Waals surface area contributed by atoms with Gasteiger partial charge in [0.15, 0.2) is 0 Å². The van der Waals surface area contributed by atoms with Crippen LogP contribution in [0, 0.1) is 5.92 Å². The van der Waals surface area contributed by atoms with Crippen molar-refractivity contribution < 1.29 is 0 Å². The maximum atomic E-state index is 6.00. The van der Waals surface area contributed by atoms with Gasteiger partial charge in [0.25, 0.3) is 0 Å². The Morgan fingerprint density at radius 2 is 2.05 bits per heavy atom. The molecule has 5 nitrogen and oxygen atoms in total. The van der Waals surface area contributed by atoms with Crippen LogP contribution < -0.4 is 10.2 Å². The maximum absolute atomic E-state index is 6.00. The Hall–Kier alpha value is -1.10. The summed E-state index contributed by atoms with van der Waals surface area (Å²) in [6.07, 6.45) is 3.64. The lowest BCUT2D eigenvalue weighted by Gasteiger charge is -2.26. The van der Waals surface area contributed by atoms with Gasteiger partial charge in [0.2, 0.25) is 17.2 Å². The van der Waals surface area contributed by atoms with Gasteiger partial charge in [-0.2, -0.15) is 15.0 Å². The molecule has 0 radical (unpaired) electrons. The Balaban J connectivity index is 2.17. The highest BCUT2D eigenvalue weighted by atomic mass is 35.5. The quantitative estimate of drug-likeness (QED) is 0.834. The Morgan fingerprint density at radius 1 is 1.32 bits per heavy atom. The van der Waals surface area contributed by atoms with E-state index in [1.54, 1.807) is 0 Å². The molecule has 1 fully saturated rings. The van der Waals surface area contributed by atoms with Crippen LogP contribution in [0.5, 0.6) is 0 Å². The van der Waals surface area contributed by atoms with E-state index >= 15 is 0 Å². The predicted molar refractivity (Wildman–Crippen MR) is 78.8 cm³/mol. The maximum Gasteiger partial charge on any atom is 0.231 e. The normalized spacial score (nSPS) is 14.8. The van der Waals surface area contributed by atoms with Crippen LogP contribution in [-0.2, 0) is 0 Å². The lowest BCUT2D eigenvalue weighted by molar-refractivity contribution is 0.625. The van der Waals surface area contributed by atoms with Gasteiger partial charge >= 0.3 is 0 Å². The minimum atomic E-state index is 0.255. The Morgan fingerprint density at radius 3 is 2.63 bits per heavy atom. The monoisotopic (exact) mass is 283 g/mol. The second-order valence-electron chi connectivity index (χ2n) is 5.34. The van der Waals surface area contributed by atoms with Crippen LogP contribution >= 0.6 is 11.6 Å². The first-order valence-electron chi connectivity index (χ1n) is 7.02. The molecule has 1 N–H and O–H groups in total. The van der Waals surface area contributed by atoms with E-state index in [2.05, 4.69) is 45.9 Å². The van der Waals surface area contributed by atoms with Gasteiger partial charge in [0, 0.05) is 19.1 Å². The molecule has 1 aromatic heterocycles. The number of nitrogens with zero attached hydrogens (tertiary/aromatic N) is 4. The summed E-state index contributed by atoms with van der Waals surface area (Å²) in [7, 11) is 0. The van der Waals surface area contributed by atoms with Gasteiger partial charge in [0.1, 0.15) is 0 Å². The topological polar surface area (TPSA) is 53.9 Å². The zero-order chi connectivity index (χ0) is 13.8. The van der Waals surface area contributed by atoms with Crippen molar-refractivity contribution in [1.29, 1.82) is 0 Å². The van der Waals surface area contributed by atoms with Crippen molar-refractivity contribution >= 4 is 23.5 Å². The second-order valence-corrected chi connectivity index (χ2v) is 5.68. The Labute approximate surface area is 119 Å². The molecule has 6 heteroatoms. The molecular formula is C13H22ClN5. The van der Waals surface area contributed by atoms with Gasteiger partial charge in [-0.3, -0.25) is 0 Å². The van der Waals surface area contributed by atoms with Gasteiger partial charge in [0.05, 0.1) is 0 Å². The van der Waals surface area contributed by atoms with Gasteiger partial charge in [-0.1, -0.05) is 6.92 Å². The lowest BCUT2D eigenvalue weighted by Crippen LogP contribution is -2.34. The molecule has 0 bridgehead atoms. The van der Waals surface area contributed by atoms with Crippen LogP contribution in [0.2, 0.25) is 5.28 Å². The number of rotatable bonds is 7. The first kappa shape index (κ1) is 14.3.